The highest BCUT2D eigenvalue weighted by Crippen LogP contribution is 2.33. The Labute approximate surface area is 163 Å². The summed E-state index contributed by atoms with van der Waals surface area (Å²) < 4.78 is 2.25. The lowest BCUT2D eigenvalue weighted by Crippen LogP contribution is -1.99. The van der Waals surface area contributed by atoms with Gasteiger partial charge in [0.2, 0.25) is 0 Å². The highest BCUT2D eigenvalue weighted by atomic mass is 127. The van der Waals surface area contributed by atoms with E-state index in [2.05, 4.69) is 87.5 Å². The van der Waals surface area contributed by atoms with Gasteiger partial charge in [-0.1, -0.05) is 19.1 Å². The van der Waals surface area contributed by atoms with E-state index in [1.807, 2.05) is 0 Å². The van der Waals surface area contributed by atoms with Gasteiger partial charge in [0.25, 0.3) is 0 Å². The summed E-state index contributed by atoms with van der Waals surface area (Å²) in [6.45, 7) is 6.55. The van der Waals surface area contributed by atoms with E-state index in [4.69, 9.17) is 4.98 Å². The zero-order chi connectivity index (χ0) is 17.6. The molecule has 0 amide bonds. The number of fused-ring (bicyclic) bond motifs is 2. The molecule has 0 saturated heterocycles. The molecule has 0 saturated carbocycles. The van der Waals surface area contributed by atoms with Crippen molar-refractivity contribution in [3.05, 3.63) is 64.6 Å². The average molecular weight is 461 g/mol. The zero-order valence-electron chi connectivity index (χ0n) is 14.6. The van der Waals surface area contributed by atoms with E-state index < -0.39 is 0 Å². The molecule has 0 bridgehead atoms. The van der Waals surface area contributed by atoms with E-state index in [-0.39, 0.29) is 0 Å². The Balaban J connectivity index is 1.86. The molecular weight excluding hydrogens is 441 g/mol. The minimum absolute atomic E-state index is 0.837. The maximum Gasteiger partial charge on any atom is 0.111 e. The van der Waals surface area contributed by atoms with Gasteiger partial charge in [0.05, 0.1) is 16.6 Å². The standard InChI is InChI=1S/C20H20IN3S/c1-4-14-10-13(3)20-15(7-8-24(20)25-21)16(14)11-19-22-17-6-5-12(2)9-18(17)23-19/h5-10H,4,11H2,1-3H3,(H,22,23). The van der Waals surface area contributed by atoms with Crippen molar-refractivity contribution in [1.82, 2.24) is 13.9 Å². The number of hydrogen-bond donors (Lipinski definition) is 1. The number of rotatable bonds is 4. The first-order valence-corrected chi connectivity index (χ1v) is 11.8. The van der Waals surface area contributed by atoms with Gasteiger partial charge < -0.3 is 4.98 Å². The first-order valence-electron chi connectivity index (χ1n) is 8.47. The third-order valence-electron chi connectivity index (χ3n) is 4.81. The van der Waals surface area contributed by atoms with Crippen molar-refractivity contribution in [3.8, 4) is 0 Å². The Morgan fingerprint density at radius 1 is 1.20 bits per heavy atom. The number of imidazole rings is 1. The van der Waals surface area contributed by atoms with Crippen LogP contribution in [0.2, 0.25) is 0 Å². The second kappa shape index (κ2) is 6.68. The predicted octanol–water partition coefficient (Wildman–Crippen LogP) is 6.13. The molecule has 128 valence electrons. The average Bonchev–Trinajstić information content (AvgIpc) is 3.20. The van der Waals surface area contributed by atoms with Crippen LogP contribution >= 0.6 is 30.3 Å². The molecule has 2 heterocycles. The number of nitrogens with one attached hydrogen (secondary N) is 1. The fourth-order valence-corrected chi connectivity index (χ4v) is 5.05. The fraction of sp³-hybridized carbons (Fsp3) is 0.250. The molecule has 0 aliphatic carbocycles. The van der Waals surface area contributed by atoms with Gasteiger partial charge in [-0.15, -0.1) is 0 Å². The third-order valence-corrected chi connectivity index (χ3v) is 6.54. The maximum atomic E-state index is 4.81. The summed E-state index contributed by atoms with van der Waals surface area (Å²) in [7, 11) is 1.72. The van der Waals surface area contributed by atoms with Gasteiger partial charge in [-0.05, 0) is 60.7 Å². The number of benzene rings is 2. The molecule has 0 spiro atoms. The summed E-state index contributed by atoms with van der Waals surface area (Å²) in [5.41, 5.74) is 8.88. The molecular formula is C20H20IN3S. The van der Waals surface area contributed by atoms with Crippen LogP contribution in [0.3, 0.4) is 0 Å². The molecule has 2 aromatic heterocycles. The van der Waals surface area contributed by atoms with Crippen molar-refractivity contribution >= 4 is 52.3 Å². The summed E-state index contributed by atoms with van der Waals surface area (Å²) in [6, 6.07) is 11.0. The molecule has 0 fully saturated rings. The second-order valence-corrected chi connectivity index (χ2v) is 8.25. The summed E-state index contributed by atoms with van der Waals surface area (Å²) in [5, 5.41) is 1.35. The number of aromatic amines is 1. The first-order chi connectivity index (χ1) is 12.1. The molecule has 0 aliphatic rings. The molecule has 4 aromatic rings. The van der Waals surface area contributed by atoms with Gasteiger partial charge >= 0.3 is 0 Å². The number of aromatic nitrogens is 3. The number of nitrogens with zero attached hydrogens (tertiary/aromatic N) is 2. The lowest BCUT2D eigenvalue weighted by Gasteiger charge is -2.12. The molecule has 0 atom stereocenters. The van der Waals surface area contributed by atoms with Crippen molar-refractivity contribution in [1.29, 1.82) is 0 Å². The normalized spacial score (nSPS) is 11.7. The van der Waals surface area contributed by atoms with Crippen molar-refractivity contribution in [2.45, 2.75) is 33.6 Å². The van der Waals surface area contributed by atoms with Crippen LogP contribution in [0, 0.1) is 13.8 Å². The lowest BCUT2D eigenvalue weighted by atomic mass is 9.95. The first kappa shape index (κ1) is 17.0. The summed E-state index contributed by atoms with van der Waals surface area (Å²) in [6.07, 6.45) is 4.04. The van der Waals surface area contributed by atoms with Crippen LogP contribution in [0.25, 0.3) is 21.9 Å². The van der Waals surface area contributed by atoms with Crippen LogP contribution in [0.4, 0.5) is 0 Å². The van der Waals surface area contributed by atoms with Crippen LogP contribution in [-0.2, 0) is 12.8 Å². The number of aryl methyl sites for hydroxylation is 3. The Hall–Kier alpha value is -1.47. The second-order valence-electron chi connectivity index (χ2n) is 6.54. The highest BCUT2D eigenvalue weighted by molar-refractivity contribution is 14.2. The van der Waals surface area contributed by atoms with Gasteiger partial charge in [0.1, 0.15) is 5.82 Å². The van der Waals surface area contributed by atoms with Gasteiger partial charge in [-0.2, -0.15) is 0 Å². The van der Waals surface area contributed by atoms with Crippen molar-refractivity contribution < 1.29 is 0 Å². The van der Waals surface area contributed by atoms with Gasteiger partial charge in [0, 0.05) is 48.3 Å². The molecule has 25 heavy (non-hydrogen) atoms. The Morgan fingerprint density at radius 2 is 2.04 bits per heavy atom. The van der Waals surface area contributed by atoms with E-state index >= 15 is 0 Å². The van der Waals surface area contributed by atoms with Crippen molar-refractivity contribution in [2.75, 3.05) is 0 Å². The van der Waals surface area contributed by atoms with Crippen LogP contribution in [-0.4, -0.2) is 13.9 Å². The summed E-state index contributed by atoms with van der Waals surface area (Å²) in [4.78, 5) is 8.32. The summed E-state index contributed by atoms with van der Waals surface area (Å²) in [5.74, 6) is 1.04. The maximum absolute atomic E-state index is 4.81. The van der Waals surface area contributed by atoms with Crippen LogP contribution < -0.4 is 0 Å². The molecule has 3 nitrogen and oxygen atoms in total. The number of hydrogen-bond acceptors (Lipinski definition) is 2. The van der Waals surface area contributed by atoms with Gasteiger partial charge in [-0.25, -0.2) is 4.98 Å². The SMILES string of the molecule is CCc1cc(C)c2c(ccn2SI)c1Cc1nc2ccc(C)cc2[nH]1. The highest BCUT2D eigenvalue weighted by Gasteiger charge is 2.15. The van der Waals surface area contributed by atoms with Crippen molar-refractivity contribution in [2.24, 2.45) is 0 Å². The molecule has 1 N–H and O–H groups in total. The zero-order valence-corrected chi connectivity index (χ0v) is 17.5. The van der Waals surface area contributed by atoms with E-state index in [1.165, 1.54) is 33.2 Å². The van der Waals surface area contributed by atoms with E-state index in [0.717, 1.165) is 29.7 Å². The molecule has 0 aliphatic heterocycles. The Bertz CT molecular complexity index is 1080. The molecule has 0 radical (unpaired) electrons. The molecule has 5 heteroatoms. The van der Waals surface area contributed by atoms with E-state index in [0.29, 0.717) is 0 Å². The minimum atomic E-state index is 0.837. The third kappa shape index (κ3) is 2.97. The monoisotopic (exact) mass is 461 g/mol. The fourth-order valence-electron chi connectivity index (χ4n) is 3.64. The molecule has 4 rings (SSSR count). The Kier molecular flexibility index (Phi) is 4.54. The quantitative estimate of drug-likeness (QED) is 0.371. The topological polar surface area (TPSA) is 33.6 Å². The number of H-pyrrole nitrogens is 1. The van der Waals surface area contributed by atoms with Crippen LogP contribution in [0.15, 0.2) is 36.5 Å². The summed E-state index contributed by atoms with van der Waals surface area (Å²) >= 11 is 2.34. The van der Waals surface area contributed by atoms with Crippen LogP contribution in [0.1, 0.15) is 35.0 Å². The lowest BCUT2D eigenvalue weighted by molar-refractivity contribution is 1.00. The predicted molar refractivity (Wildman–Crippen MR) is 117 cm³/mol. The van der Waals surface area contributed by atoms with Crippen LogP contribution in [0.5, 0.6) is 0 Å². The van der Waals surface area contributed by atoms with Gasteiger partial charge in [0.15, 0.2) is 0 Å². The van der Waals surface area contributed by atoms with E-state index in [9.17, 15) is 0 Å². The van der Waals surface area contributed by atoms with Crippen molar-refractivity contribution in [3.63, 3.8) is 0 Å². The molecule has 2 aromatic carbocycles. The molecule has 0 unspecified atom stereocenters. The Morgan fingerprint density at radius 3 is 2.80 bits per heavy atom. The largest absolute Gasteiger partial charge is 0.342 e. The van der Waals surface area contributed by atoms with Gasteiger partial charge in [-0.3, -0.25) is 3.97 Å². The minimum Gasteiger partial charge on any atom is -0.342 e. The smallest absolute Gasteiger partial charge is 0.111 e. The number of halogens is 1. The van der Waals surface area contributed by atoms with E-state index in [1.54, 1.807) is 9.12 Å².